The van der Waals surface area contributed by atoms with Crippen molar-refractivity contribution >= 4 is 15.9 Å². The first-order valence-corrected chi connectivity index (χ1v) is 8.02. The number of nitrogens with one attached hydrogen (secondary N) is 1. The van der Waals surface area contributed by atoms with Gasteiger partial charge in [0, 0.05) is 16.6 Å². The molecule has 0 aliphatic heterocycles. The molecule has 0 heterocycles. The Balaban J connectivity index is 2.29. The highest BCUT2D eigenvalue weighted by Crippen LogP contribution is 2.31. The van der Waals surface area contributed by atoms with E-state index < -0.39 is 0 Å². The molecule has 0 saturated heterocycles. The van der Waals surface area contributed by atoms with Crippen LogP contribution in [0, 0.1) is 6.92 Å². The normalized spacial score (nSPS) is 11.0. The summed E-state index contributed by atoms with van der Waals surface area (Å²) >= 11 is 3.51. The van der Waals surface area contributed by atoms with Gasteiger partial charge in [-0.05, 0) is 55.3 Å². The highest BCUT2D eigenvalue weighted by Gasteiger charge is 2.08. The van der Waals surface area contributed by atoms with Crippen molar-refractivity contribution in [1.82, 2.24) is 5.32 Å². The van der Waals surface area contributed by atoms with Crippen LogP contribution in [-0.2, 0) is 6.54 Å². The average molecular weight is 348 g/mol. The Morgan fingerprint density at radius 1 is 1.14 bits per heavy atom. The molecule has 0 saturated carbocycles. The van der Waals surface area contributed by atoms with Gasteiger partial charge in [-0.15, -0.1) is 0 Å². The predicted octanol–water partition coefficient (Wildman–Crippen LogP) is 5.39. The molecule has 2 aromatic carbocycles. The van der Waals surface area contributed by atoms with Crippen LogP contribution in [0.5, 0.6) is 11.5 Å². The second-order valence-corrected chi connectivity index (χ2v) is 6.47. The van der Waals surface area contributed by atoms with Gasteiger partial charge >= 0.3 is 0 Å². The molecule has 0 radical (unpaired) electrons. The lowest BCUT2D eigenvalue weighted by atomic mass is 9.98. The van der Waals surface area contributed by atoms with Crippen molar-refractivity contribution in [3.8, 4) is 11.5 Å². The van der Waals surface area contributed by atoms with Crippen LogP contribution in [0.15, 0.2) is 40.9 Å². The van der Waals surface area contributed by atoms with Gasteiger partial charge in [0.25, 0.3) is 0 Å². The maximum atomic E-state index is 6.09. The Labute approximate surface area is 135 Å². The van der Waals surface area contributed by atoms with E-state index in [9.17, 15) is 0 Å². The zero-order chi connectivity index (χ0) is 15.4. The SMILES string of the molecule is CNCc1ccc(Br)cc1Oc1ccc(C(C)C)c(C)c1. The van der Waals surface area contributed by atoms with Crippen molar-refractivity contribution in [1.29, 1.82) is 0 Å². The molecule has 0 fully saturated rings. The van der Waals surface area contributed by atoms with E-state index in [0.717, 1.165) is 28.1 Å². The van der Waals surface area contributed by atoms with Crippen molar-refractivity contribution in [2.24, 2.45) is 0 Å². The van der Waals surface area contributed by atoms with E-state index in [1.165, 1.54) is 11.1 Å². The van der Waals surface area contributed by atoms with E-state index in [2.05, 4.69) is 60.2 Å². The number of benzene rings is 2. The molecule has 0 aromatic heterocycles. The van der Waals surface area contributed by atoms with Crippen LogP contribution in [0.3, 0.4) is 0 Å². The molecule has 0 atom stereocenters. The smallest absolute Gasteiger partial charge is 0.133 e. The maximum absolute atomic E-state index is 6.09. The van der Waals surface area contributed by atoms with Crippen LogP contribution in [0.1, 0.15) is 36.5 Å². The summed E-state index contributed by atoms with van der Waals surface area (Å²) in [5.41, 5.74) is 3.78. The number of hydrogen-bond donors (Lipinski definition) is 1. The Kier molecular flexibility index (Phi) is 5.43. The van der Waals surface area contributed by atoms with Crippen molar-refractivity contribution in [2.45, 2.75) is 33.2 Å². The van der Waals surface area contributed by atoms with Gasteiger partial charge in [0.15, 0.2) is 0 Å². The first-order chi connectivity index (χ1) is 10.0. The van der Waals surface area contributed by atoms with E-state index in [-0.39, 0.29) is 0 Å². The summed E-state index contributed by atoms with van der Waals surface area (Å²) < 4.78 is 7.11. The Bertz CT molecular complexity index is 623. The maximum Gasteiger partial charge on any atom is 0.133 e. The molecule has 1 N–H and O–H groups in total. The second kappa shape index (κ2) is 7.10. The van der Waals surface area contributed by atoms with Gasteiger partial charge < -0.3 is 10.1 Å². The van der Waals surface area contributed by atoms with E-state index in [4.69, 9.17) is 4.74 Å². The van der Waals surface area contributed by atoms with Gasteiger partial charge in [0.1, 0.15) is 11.5 Å². The van der Waals surface area contributed by atoms with Crippen molar-refractivity contribution < 1.29 is 4.74 Å². The molecule has 0 aliphatic carbocycles. The molecule has 0 unspecified atom stereocenters. The van der Waals surface area contributed by atoms with Crippen molar-refractivity contribution in [3.05, 3.63) is 57.6 Å². The topological polar surface area (TPSA) is 21.3 Å². The molecule has 0 aliphatic rings. The zero-order valence-electron chi connectivity index (χ0n) is 13.0. The minimum absolute atomic E-state index is 0.532. The van der Waals surface area contributed by atoms with Crippen LogP contribution in [0.4, 0.5) is 0 Å². The van der Waals surface area contributed by atoms with Crippen LogP contribution >= 0.6 is 15.9 Å². The Hall–Kier alpha value is -1.32. The van der Waals surface area contributed by atoms with E-state index in [1.54, 1.807) is 0 Å². The van der Waals surface area contributed by atoms with Crippen molar-refractivity contribution in [2.75, 3.05) is 7.05 Å². The summed E-state index contributed by atoms with van der Waals surface area (Å²) in [7, 11) is 1.94. The summed E-state index contributed by atoms with van der Waals surface area (Å²) in [6, 6.07) is 12.4. The largest absolute Gasteiger partial charge is 0.457 e. The van der Waals surface area contributed by atoms with Crippen molar-refractivity contribution in [3.63, 3.8) is 0 Å². The minimum Gasteiger partial charge on any atom is -0.457 e. The fraction of sp³-hybridized carbons (Fsp3) is 0.333. The number of hydrogen-bond acceptors (Lipinski definition) is 2. The Morgan fingerprint density at radius 2 is 1.90 bits per heavy atom. The van der Waals surface area contributed by atoms with E-state index in [0.29, 0.717) is 5.92 Å². The third kappa shape index (κ3) is 4.08. The molecule has 2 aromatic rings. The van der Waals surface area contributed by atoms with Gasteiger partial charge in [0.05, 0.1) is 0 Å². The van der Waals surface area contributed by atoms with E-state index in [1.807, 2.05) is 25.2 Å². The summed E-state index contributed by atoms with van der Waals surface area (Å²) in [5.74, 6) is 2.30. The van der Waals surface area contributed by atoms with Crippen LogP contribution in [0.2, 0.25) is 0 Å². The fourth-order valence-electron chi connectivity index (χ4n) is 2.45. The number of rotatable bonds is 5. The molecule has 0 spiro atoms. The molecular weight excluding hydrogens is 326 g/mol. The molecule has 112 valence electrons. The first kappa shape index (κ1) is 16.1. The average Bonchev–Trinajstić information content (AvgIpc) is 2.41. The third-order valence-corrected chi connectivity index (χ3v) is 3.98. The highest BCUT2D eigenvalue weighted by atomic mass is 79.9. The molecular formula is C18H22BrNO. The molecule has 21 heavy (non-hydrogen) atoms. The summed E-state index contributed by atoms with van der Waals surface area (Å²) in [6.45, 7) is 7.34. The molecule has 0 bridgehead atoms. The van der Waals surface area contributed by atoms with Gasteiger partial charge in [-0.1, -0.05) is 41.9 Å². The van der Waals surface area contributed by atoms with Crippen LogP contribution < -0.4 is 10.1 Å². The molecule has 2 nitrogen and oxygen atoms in total. The van der Waals surface area contributed by atoms with Crippen LogP contribution in [0.25, 0.3) is 0 Å². The lowest BCUT2D eigenvalue weighted by Crippen LogP contribution is -2.06. The number of halogens is 1. The van der Waals surface area contributed by atoms with Gasteiger partial charge in [-0.2, -0.15) is 0 Å². The zero-order valence-corrected chi connectivity index (χ0v) is 14.6. The summed E-state index contributed by atoms with van der Waals surface area (Å²) in [6.07, 6.45) is 0. The van der Waals surface area contributed by atoms with Gasteiger partial charge in [-0.3, -0.25) is 0 Å². The quantitative estimate of drug-likeness (QED) is 0.782. The molecule has 0 amide bonds. The summed E-state index contributed by atoms with van der Waals surface area (Å²) in [5, 5.41) is 3.17. The third-order valence-electron chi connectivity index (χ3n) is 3.49. The number of ether oxygens (including phenoxy) is 1. The van der Waals surface area contributed by atoms with Gasteiger partial charge in [-0.25, -0.2) is 0 Å². The highest BCUT2D eigenvalue weighted by molar-refractivity contribution is 9.10. The lowest BCUT2D eigenvalue weighted by molar-refractivity contribution is 0.473. The fourth-order valence-corrected chi connectivity index (χ4v) is 2.79. The monoisotopic (exact) mass is 347 g/mol. The Morgan fingerprint density at radius 3 is 2.52 bits per heavy atom. The first-order valence-electron chi connectivity index (χ1n) is 7.22. The van der Waals surface area contributed by atoms with Gasteiger partial charge in [0.2, 0.25) is 0 Å². The van der Waals surface area contributed by atoms with Crippen LogP contribution in [-0.4, -0.2) is 7.05 Å². The standard InChI is InChI=1S/C18H22BrNO/c1-12(2)17-8-7-16(9-13(17)3)21-18-10-15(19)6-5-14(18)11-20-4/h5-10,12,20H,11H2,1-4H3. The molecule has 3 heteroatoms. The molecule has 2 rings (SSSR count). The minimum atomic E-state index is 0.532. The lowest BCUT2D eigenvalue weighted by Gasteiger charge is -2.14. The second-order valence-electron chi connectivity index (χ2n) is 5.56. The van der Waals surface area contributed by atoms with E-state index >= 15 is 0 Å². The summed E-state index contributed by atoms with van der Waals surface area (Å²) in [4.78, 5) is 0. The predicted molar refractivity (Wildman–Crippen MR) is 92.2 cm³/mol. The number of aryl methyl sites for hydroxylation is 1.